The Hall–Kier alpha value is -2.54. The quantitative estimate of drug-likeness (QED) is 0.790. The van der Waals surface area contributed by atoms with Crippen molar-refractivity contribution in [3.63, 3.8) is 0 Å². The van der Waals surface area contributed by atoms with Gasteiger partial charge in [0.25, 0.3) is 0 Å². The van der Waals surface area contributed by atoms with E-state index in [0.717, 1.165) is 11.8 Å². The Morgan fingerprint density at radius 3 is 2.46 bits per heavy atom. The van der Waals surface area contributed by atoms with Crippen molar-refractivity contribution in [3.05, 3.63) is 47.5 Å². The van der Waals surface area contributed by atoms with Gasteiger partial charge in [-0.05, 0) is 30.3 Å². The molecule has 2 aromatic rings. The average Bonchev–Trinajstić information content (AvgIpc) is 3.01. The zero-order valence-corrected chi connectivity index (χ0v) is 14.1. The molecule has 6 nitrogen and oxygen atoms in total. The van der Waals surface area contributed by atoms with Crippen molar-refractivity contribution in [3.8, 4) is 17.2 Å². The van der Waals surface area contributed by atoms with E-state index in [1.54, 1.807) is 24.3 Å². The molecule has 0 radical (unpaired) electrons. The summed E-state index contributed by atoms with van der Waals surface area (Å²) >= 11 is 0. The fourth-order valence-corrected chi connectivity index (χ4v) is 3.14. The molecular weight excluding hydrogens is 332 g/mol. The van der Waals surface area contributed by atoms with Crippen LogP contribution in [0.1, 0.15) is 15.9 Å². The number of hydrogen-bond donors (Lipinski definition) is 0. The highest BCUT2D eigenvalue weighted by Gasteiger charge is 2.23. The summed E-state index contributed by atoms with van der Waals surface area (Å²) in [6, 6.07) is 9.36. The van der Waals surface area contributed by atoms with Crippen molar-refractivity contribution in [2.45, 2.75) is 11.3 Å². The molecule has 0 atom stereocenters. The van der Waals surface area contributed by atoms with Gasteiger partial charge in [-0.15, -0.1) is 0 Å². The smallest absolute Gasteiger partial charge is 0.338 e. The highest BCUT2D eigenvalue weighted by Crippen LogP contribution is 2.35. The number of esters is 1. The van der Waals surface area contributed by atoms with Gasteiger partial charge in [0.05, 0.1) is 24.2 Å². The number of fused-ring (bicyclic) bond motifs is 1. The maximum Gasteiger partial charge on any atom is 0.338 e. The molecule has 0 aliphatic carbocycles. The van der Waals surface area contributed by atoms with Gasteiger partial charge in [0.1, 0.15) is 17.2 Å². The van der Waals surface area contributed by atoms with E-state index in [1.807, 2.05) is 0 Å². The van der Waals surface area contributed by atoms with Crippen LogP contribution in [-0.4, -0.2) is 34.4 Å². The predicted molar refractivity (Wildman–Crippen MR) is 86.6 cm³/mol. The van der Waals surface area contributed by atoms with Crippen LogP contribution >= 0.6 is 0 Å². The first-order valence-electron chi connectivity index (χ1n) is 7.24. The molecular formula is C17H16O6S. The predicted octanol–water partition coefficient (Wildman–Crippen LogP) is 2.60. The first-order valence-corrected chi connectivity index (χ1v) is 9.13. The van der Waals surface area contributed by atoms with Gasteiger partial charge >= 0.3 is 5.97 Å². The summed E-state index contributed by atoms with van der Waals surface area (Å²) in [7, 11) is -1.94. The summed E-state index contributed by atoms with van der Waals surface area (Å²) in [5.41, 5.74) is 1.22. The van der Waals surface area contributed by atoms with Crippen LogP contribution in [0.3, 0.4) is 0 Å². The molecule has 0 fully saturated rings. The van der Waals surface area contributed by atoms with Crippen LogP contribution in [0.15, 0.2) is 41.3 Å². The SMILES string of the molecule is COC(=O)c1cc(Oc2ccc(S(C)(=O)=O)cc2)cc2c1CCO2. The zero-order chi connectivity index (χ0) is 17.3. The van der Waals surface area contributed by atoms with Gasteiger partial charge < -0.3 is 14.2 Å². The lowest BCUT2D eigenvalue weighted by Crippen LogP contribution is -2.05. The molecule has 126 valence electrons. The third-order valence-electron chi connectivity index (χ3n) is 3.69. The lowest BCUT2D eigenvalue weighted by Gasteiger charge is -2.11. The zero-order valence-electron chi connectivity index (χ0n) is 13.2. The molecule has 24 heavy (non-hydrogen) atoms. The molecule has 1 aliphatic heterocycles. The minimum Gasteiger partial charge on any atom is -0.493 e. The van der Waals surface area contributed by atoms with E-state index in [0.29, 0.717) is 35.8 Å². The number of rotatable bonds is 4. The number of benzene rings is 2. The van der Waals surface area contributed by atoms with Crippen molar-refractivity contribution in [2.24, 2.45) is 0 Å². The minimum absolute atomic E-state index is 0.211. The van der Waals surface area contributed by atoms with E-state index >= 15 is 0 Å². The number of carbonyl (C=O) groups is 1. The van der Waals surface area contributed by atoms with Crippen molar-refractivity contribution in [1.82, 2.24) is 0 Å². The summed E-state index contributed by atoms with van der Waals surface area (Å²) in [6.45, 7) is 0.506. The maximum absolute atomic E-state index is 11.9. The lowest BCUT2D eigenvalue weighted by molar-refractivity contribution is 0.0599. The third-order valence-corrected chi connectivity index (χ3v) is 4.81. The van der Waals surface area contributed by atoms with Crippen LogP contribution in [0.25, 0.3) is 0 Å². The molecule has 0 unspecified atom stereocenters. The fraction of sp³-hybridized carbons (Fsp3) is 0.235. The van der Waals surface area contributed by atoms with Crippen LogP contribution in [0.5, 0.6) is 17.2 Å². The molecule has 7 heteroatoms. The standard InChI is InChI=1S/C17H16O6S/c1-21-17(18)15-9-12(10-16-14(15)7-8-22-16)23-11-3-5-13(6-4-11)24(2,19)20/h3-6,9-10H,7-8H2,1-2H3. The Labute approximate surface area is 139 Å². The minimum atomic E-state index is -3.26. The summed E-state index contributed by atoms with van der Waals surface area (Å²) < 4.78 is 39.0. The van der Waals surface area contributed by atoms with Crippen LogP contribution in [0, 0.1) is 0 Å². The molecule has 3 rings (SSSR count). The normalized spacial score (nSPS) is 13.1. The Kier molecular flexibility index (Phi) is 4.19. The Bertz CT molecular complexity index is 884. The van der Waals surface area contributed by atoms with E-state index in [1.165, 1.54) is 19.2 Å². The van der Waals surface area contributed by atoms with E-state index in [2.05, 4.69) is 0 Å². The van der Waals surface area contributed by atoms with Crippen molar-refractivity contribution >= 4 is 15.8 Å². The third kappa shape index (κ3) is 3.21. The van der Waals surface area contributed by atoms with Crippen LogP contribution in [0.4, 0.5) is 0 Å². The monoisotopic (exact) mass is 348 g/mol. The highest BCUT2D eigenvalue weighted by atomic mass is 32.2. The number of hydrogen-bond acceptors (Lipinski definition) is 6. The summed E-state index contributed by atoms with van der Waals surface area (Å²) in [6.07, 6.45) is 1.78. The summed E-state index contributed by atoms with van der Waals surface area (Å²) in [4.78, 5) is 12.1. The second-order valence-corrected chi connectivity index (χ2v) is 7.40. The van der Waals surface area contributed by atoms with Gasteiger partial charge in [-0.25, -0.2) is 13.2 Å². The average molecular weight is 348 g/mol. The van der Waals surface area contributed by atoms with Gasteiger partial charge in [-0.3, -0.25) is 0 Å². The summed E-state index contributed by atoms with van der Waals surface area (Å²) in [5, 5.41) is 0. The largest absolute Gasteiger partial charge is 0.493 e. The first-order chi connectivity index (χ1) is 11.4. The second-order valence-electron chi connectivity index (χ2n) is 5.38. The number of carbonyl (C=O) groups excluding carboxylic acids is 1. The van der Waals surface area contributed by atoms with E-state index in [-0.39, 0.29) is 4.90 Å². The number of ether oxygens (including phenoxy) is 3. The molecule has 0 aromatic heterocycles. The van der Waals surface area contributed by atoms with E-state index in [9.17, 15) is 13.2 Å². The molecule has 0 amide bonds. The van der Waals surface area contributed by atoms with Gasteiger partial charge in [-0.2, -0.15) is 0 Å². The van der Waals surface area contributed by atoms with Crippen molar-refractivity contribution in [2.75, 3.05) is 20.0 Å². The second kappa shape index (κ2) is 6.16. The van der Waals surface area contributed by atoms with Gasteiger partial charge in [0, 0.05) is 24.3 Å². The molecule has 1 aliphatic rings. The van der Waals surface area contributed by atoms with E-state index in [4.69, 9.17) is 14.2 Å². The van der Waals surface area contributed by atoms with Gasteiger partial charge in [0.15, 0.2) is 9.84 Å². The molecule has 0 N–H and O–H groups in total. The molecule has 2 aromatic carbocycles. The number of methoxy groups -OCH3 is 1. The molecule has 0 bridgehead atoms. The van der Waals surface area contributed by atoms with Crippen LogP contribution in [-0.2, 0) is 21.0 Å². The number of sulfone groups is 1. The van der Waals surface area contributed by atoms with Gasteiger partial charge in [-0.1, -0.05) is 0 Å². The van der Waals surface area contributed by atoms with Crippen molar-refractivity contribution < 1.29 is 27.4 Å². The Balaban J connectivity index is 1.92. The summed E-state index contributed by atoms with van der Waals surface area (Å²) in [5.74, 6) is 1.02. The first kappa shape index (κ1) is 16.3. The molecule has 1 heterocycles. The van der Waals surface area contributed by atoms with Gasteiger partial charge in [0.2, 0.25) is 0 Å². The lowest BCUT2D eigenvalue weighted by atomic mass is 10.0. The maximum atomic E-state index is 11.9. The van der Waals surface area contributed by atoms with Crippen molar-refractivity contribution in [1.29, 1.82) is 0 Å². The van der Waals surface area contributed by atoms with Crippen LogP contribution < -0.4 is 9.47 Å². The molecule has 0 saturated carbocycles. The van der Waals surface area contributed by atoms with E-state index < -0.39 is 15.8 Å². The Morgan fingerprint density at radius 1 is 1.12 bits per heavy atom. The fourth-order valence-electron chi connectivity index (χ4n) is 2.51. The molecule has 0 saturated heterocycles. The Morgan fingerprint density at radius 2 is 1.83 bits per heavy atom. The topological polar surface area (TPSA) is 78.9 Å². The molecule has 0 spiro atoms. The highest BCUT2D eigenvalue weighted by molar-refractivity contribution is 7.90. The van der Waals surface area contributed by atoms with Crippen LogP contribution in [0.2, 0.25) is 0 Å².